The molecule has 0 radical (unpaired) electrons. The lowest BCUT2D eigenvalue weighted by molar-refractivity contribution is -0.141. The molecule has 2 heterocycles. The summed E-state index contributed by atoms with van der Waals surface area (Å²) in [6.07, 6.45) is 15.7. The van der Waals surface area contributed by atoms with E-state index in [1.54, 1.807) is 33.1 Å². The van der Waals surface area contributed by atoms with Crippen molar-refractivity contribution in [3.63, 3.8) is 0 Å². The molecule has 2 aromatic rings. The first kappa shape index (κ1) is 48.7. The number of unbranched alkanes of at least 4 members (excludes halogenated alkanes) is 7. The number of hydrogen-bond acceptors (Lipinski definition) is 11. The predicted octanol–water partition coefficient (Wildman–Crippen LogP) is 8.91. The molecular formula is C38H65FN2O9. The number of esters is 3. The summed E-state index contributed by atoms with van der Waals surface area (Å²) in [4.78, 5) is 35.4. The van der Waals surface area contributed by atoms with Gasteiger partial charge in [-0.1, -0.05) is 76.6 Å². The third-order valence-electron chi connectivity index (χ3n) is 7.12. The Bertz CT molecular complexity index is 1120. The van der Waals surface area contributed by atoms with Crippen LogP contribution in [0.3, 0.4) is 0 Å². The summed E-state index contributed by atoms with van der Waals surface area (Å²) in [5, 5.41) is 3.70. The summed E-state index contributed by atoms with van der Waals surface area (Å²) >= 11 is 0. The second kappa shape index (κ2) is 34.1. The van der Waals surface area contributed by atoms with E-state index in [1.165, 1.54) is 59.5 Å². The molecule has 0 N–H and O–H groups in total. The molecule has 288 valence electrons. The van der Waals surface area contributed by atoms with E-state index in [-0.39, 0.29) is 23.7 Å². The highest BCUT2D eigenvalue weighted by atomic mass is 19.1. The van der Waals surface area contributed by atoms with Crippen molar-refractivity contribution in [2.75, 3.05) is 41.7 Å². The molecule has 0 bridgehead atoms. The van der Waals surface area contributed by atoms with Crippen molar-refractivity contribution in [3.8, 4) is 11.4 Å². The van der Waals surface area contributed by atoms with Crippen LogP contribution in [-0.4, -0.2) is 75.8 Å². The van der Waals surface area contributed by atoms with E-state index in [9.17, 15) is 18.8 Å². The van der Waals surface area contributed by atoms with E-state index in [2.05, 4.69) is 38.2 Å². The minimum atomic E-state index is -0.259. The molecule has 11 nitrogen and oxygen atoms in total. The first-order valence-electron chi connectivity index (χ1n) is 17.9. The molecule has 50 heavy (non-hydrogen) atoms. The average molecular weight is 713 g/mol. The molecule has 1 fully saturated rings. The Balaban J connectivity index is 0. The van der Waals surface area contributed by atoms with Gasteiger partial charge in [-0.15, -0.1) is 0 Å². The number of rotatable bonds is 18. The summed E-state index contributed by atoms with van der Waals surface area (Å²) in [5.74, 6) is 0.346. The topological polar surface area (TPSA) is 140 Å². The minimum absolute atomic E-state index is 0.0869. The number of ether oxygens (including phenoxy) is 5. The van der Waals surface area contributed by atoms with Gasteiger partial charge < -0.3 is 28.2 Å². The van der Waals surface area contributed by atoms with Gasteiger partial charge in [-0.2, -0.15) is 4.98 Å². The Kier molecular flexibility index (Phi) is 33.2. The number of aryl methyl sites for hydroxylation is 2. The Hall–Kier alpha value is -3.38. The van der Waals surface area contributed by atoms with Crippen molar-refractivity contribution < 1.29 is 47.0 Å². The number of carbonyl (C=O) groups is 3. The van der Waals surface area contributed by atoms with Crippen molar-refractivity contribution >= 4 is 17.9 Å². The quantitative estimate of drug-likeness (QED) is 0.0633. The molecular weight excluding hydrogens is 647 g/mol. The SMILES string of the molecule is CCCCC(=O)OC.CCCCCC(=O)OC.CCCCCCC(=O)OC.COCCCCC1CO1.Cc1nc(-c2ccc(C)c(F)c2)no1. The predicted molar refractivity (Wildman–Crippen MR) is 193 cm³/mol. The van der Waals surface area contributed by atoms with Crippen LogP contribution in [-0.2, 0) is 38.1 Å². The lowest BCUT2D eigenvalue weighted by Gasteiger charge is -1.97. The Morgan fingerprint density at radius 2 is 1.28 bits per heavy atom. The zero-order valence-corrected chi connectivity index (χ0v) is 32.3. The zero-order chi connectivity index (χ0) is 38.0. The van der Waals surface area contributed by atoms with Crippen LogP contribution in [0.15, 0.2) is 22.7 Å². The second-order valence-electron chi connectivity index (χ2n) is 11.6. The van der Waals surface area contributed by atoms with Crippen LogP contribution < -0.4 is 0 Å². The second-order valence-corrected chi connectivity index (χ2v) is 11.6. The molecule has 0 saturated carbocycles. The smallest absolute Gasteiger partial charge is 0.305 e. The molecule has 1 aromatic heterocycles. The molecule has 1 unspecified atom stereocenters. The van der Waals surface area contributed by atoms with Crippen molar-refractivity contribution in [2.24, 2.45) is 0 Å². The largest absolute Gasteiger partial charge is 0.469 e. The van der Waals surface area contributed by atoms with Crippen LogP contribution in [0.25, 0.3) is 11.4 Å². The van der Waals surface area contributed by atoms with Crippen LogP contribution in [0.2, 0.25) is 0 Å². The number of benzene rings is 1. The highest BCUT2D eigenvalue weighted by Crippen LogP contribution is 2.18. The molecule has 1 aliphatic heterocycles. The molecule has 0 amide bonds. The molecule has 0 spiro atoms. The number of nitrogens with zero attached hydrogens (tertiary/aromatic N) is 2. The number of hydrogen-bond donors (Lipinski definition) is 0. The maximum absolute atomic E-state index is 13.2. The summed E-state index contributed by atoms with van der Waals surface area (Å²) in [6.45, 7) is 11.6. The van der Waals surface area contributed by atoms with Gasteiger partial charge in [-0.05, 0) is 57.1 Å². The van der Waals surface area contributed by atoms with Crippen LogP contribution in [0, 0.1) is 19.7 Å². The van der Waals surface area contributed by atoms with Gasteiger partial charge in [-0.25, -0.2) is 4.39 Å². The van der Waals surface area contributed by atoms with E-state index in [1.807, 2.05) is 6.92 Å². The summed E-state index contributed by atoms with van der Waals surface area (Å²) in [7, 11) is 6.02. The fourth-order valence-corrected chi connectivity index (χ4v) is 3.84. The van der Waals surface area contributed by atoms with Crippen molar-refractivity contribution in [2.45, 2.75) is 137 Å². The standard InChI is InChI=1S/C10H9FN2O.C8H16O2.2C7H14O2.C6H12O2/c1-6-3-4-8(5-9(6)11)10-12-7(2)14-13-10;1-3-4-5-6-7-8(9)10-2;1-8-5-3-2-4-7-6-9-7;1-3-4-5-6-7(8)9-2;1-3-4-5-6(7)8-2/h3-5H,1-2H3;3-7H2,1-2H3;7H,2-6H2,1H3;3-6H2,1-2H3;3-5H2,1-2H3. The maximum atomic E-state index is 13.2. The van der Waals surface area contributed by atoms with Crippen LogP contribution >= 0.6 is 0 Å². The van der Waals surface area contributed by atoms with E-state index in [0.717, 1.165) is 58.2 Å². The van der Waals surface area contributed by atoms with Gasteiger partial charge in [0.25, 0.3) is 0 Å². The highest BCUT2D eigenvalue weighted by Gasteiger charge is 2.20. The normalized spacial score (nSPS) is 12.2. The third-order valence-corrected chi connectivity index (χ3v) is 7.12. The van der Waals surface area contributed by atoms with Gasteiger partial charge in [0.05, 0.1) is 34.0 Å². The molecule has 1 aromatic carbocycles. The van der Waals surface area contributed by atoms with Gasteiger partial charge in [0, 0.05) is 45.5 Å². The number of methoxy groups -OCH3 is 4. The molecule has 1 aliphatic rings. The summed E-state index contributed by atoms with van der Waals surface area (Å²) in [6, 6.07) is 4.86. The number of halogens is 1. The maximum Gasteiger partial charge on any atom is 0.305 e. The monoisotopic (exact) mass is 712 g/mol. The summed E-state index contributed by atoms with van der Waals surface area (Å²) < 4.78 is 41.3. The van der Waals surface area contributed by atoms with Crippen LogP contribution in [0.5, 0.6) is 0 Å². The van der Waals surface area contributed by atoms with Crippen molar-refractivity contribution in [1.82, 2.24) is 10.1 Å². The molecule has 1 saturated heterocycles. The average Bonchev–Trinajstić information content (AvgIpc) is 3.86. The fourth-order valence-electron chi connectivity index (χ4n) is 3.84. The molecule has 0 aliphatic carbocycles. The lowest BCUT2D eigenvalue weighted by Crippen LogP contribution is -1.98. The first-order chi connectivity index (χ1) is 24.0. The van der Waals surface area contributed by atoms with Gasteiger partial charge >= 0.3 is 17.9 Å². The number of epoxide rings is 1. The lowest BCUT2D eigenvalue weighted by atomic mass is 10.1. The third kappa shape index (κ3) is 30.7. The van der Waals surface area contributed by atoms with Crippen molar-refractivity contribution in [3.05, 3.63) is 35.5 Å². The highest BCUT2D eigenvalue weighted by molar-refractivity contribution is 5.69. The van der Waals surface area contributed by atoms with Gasteiger partial charge in [0.1, 0.15) is 5.82 Å². The van der Waals surface area contributed by atoms with E-state index >= 15 is 0 Å². The van der Waals surface area contributed by atoms with Gasteiger partial charge in [-0.3, -0.25) is 14.4 Å². The fraction of sp³-hybridized carbons (Fsp3) is 0.711. The van der Waals surface area contributed by atoms with Gasteiger partial charge in [0.15, 0.2) is 0 Å². The van der Waals surface area contributed by atoms with E-state index in [0.29, 0.717) is 48.2 Å². The summed E-state index contributed by atoms with van der Waals surface area (Å²) in [5.41, 5.74) is 1.24. The Morgan fingerprint density at radius 1 is 0.760 bits per heavy atom. The Morgan fingerprint density at radius 3 is 1.72 bits per heavy atom. The Labute approximate surface area is 300 Å². The van der Waals surface area contributed by atoms with Crippen LogP contribution in [0.1, 0.15) is 129 Å². The number of aromatic nitrogens is 2. The minimum Gasteiger partial charge on any atom is -0.469 e. The van der Waals surface area contributed by atoms with Crippen molar-refractivity contribution in [1.29, 1.82) is 0 Å². The first-order valence-corrected chi connectivity index (χ1v) is 17.9. The van der Waals surface area contributed by atoms with E-state index in [4.69, 9.17) is 14.0 Å². The van der Waals surface area contributed by atoms with Gasteiger partial charge in [0.2, 0.25) is 11.7 Å². The van der Waals surface area contributed by atoms with Crippen LogP contribution in [0.4, 0.5) is 4.39 Å². The molecule has 1 atom stereocenters. The molecule has 12 heteroatoms. The zero-order valence-electron chi connectivity index (χ0n) is 32.3. The number of carbonyl (C=O) groups excluding carboxylic acids is 3. The molecule has 3 rings (SSSR count). The van der Waals surface area contributed by atoms with E-state index < -0.39 is 0 Å².